The lowest BCUT2D eigenvalue weighted by Crippen LogP contribution is -2.47. The summed E-state index contributed by atoms with van der Waals surface area (Å²) in [4.78, 5) is 22.2. The molecule has 0 aliphatic carbocycles. The summed E-state index contributed by atoms with van der Waals surface area (Å²) in [5.74, 6) is 0.724. The Morgan fingerprint density at radius 3 is 2.43 bits per heavy atom. The first-order chi connectivity index (χ1) is 9.74. The summed E-state index contributed by atoms with van der Waals surface area (Å²) in [6.45, 7) is 8.78. The molecule has 118 valence electrons. The molecule has 21 heavy (non-hydrogen) atoms. The maximum atomic E-state index is 11.3. The highest BCUT2D eigenvalue weighted by molar-refractivity contribution is 7.98. The molecule has 1 aromatic heterocycles. The Labute approximate surface area is 130 Å². The van der Waals surface area contributed by atoms with Crippen LogP contribution in [0.1, 0.15) is 27.7 Å². The van der Waals surface area contributed by atoms with Gasteiger partial charge >= 0.3 is 6.09 Å². The van der Waals surface area contributed by atoms with Crippen LogP contribution in [0.25, 0.3) is 0 Å². The molecule has 1 atom stereocenters. The summed E-state index contributed by atoms with van der Waals surface area (Å²) >= 11 is 1.59. The third-order valence-electron chi connectivity index (χ3n) is 3.01. The molecule has 0 fully saturated rings. The molecule has 0 aliphatic rings. The van der Waals surface area contributed by atoms with Gasteiger partial charge in [-0.25, -0.2) is 14.8 Å². The molecule has 0 bridgehead atoms. The molecule has 1 amide bonds. The smallest absolute Gasteiger partial charge is 0.407 e. The van der Waals surface area contributed by atoms with Crippen LogP contribution in [0, 0.1) is 5.92 Å². The number of carbonyl (C=O) groups is 1. The fourth-order valence-corrected chi connectivity index (χ4v) is 2.11. The normalized spacial score (nSPS) is 12.8. The maximum absolute atomic E-state index is 11.3. The van der Waals surface area contributed by atoms with Gasteiger partial charge in [-0.3, -0.25) is 0 Å². The van der Waals surface area contributed by atoms with Crippen molar-refractivity contribution in [2.75, 3.05) is 24.7 Å². The number of hydrogen-bond acceptors (Lipinski definition) is 5. The number of thioether (sulfide) groups is 1. The second-order valence-corrected chi connectivity index (χ2v) is 6.88. The molecule has 0 saturated carbocycles. The maximum Gasteiger partial charge on any atom is 0.407 e. The van der Waals surface area contributed by atoms with E-state index in [2.05, 4.69) is 15.3 Å². The molecule has 6 nitrogen and oxygen atoms in total. The van der Waals surface area contributed by atoms with Crippen LogP contribution in [0.2, 0.25) is 0 Å². The van der Waals surface area contributed by atoms with Gasteiger partial charge in [0.25, 0.3) is 0 Å². The first-order valence-electron chi connectivity index (χ1n) is 6.84. The van der Waals surface area contributed by atoms with Crippen LogP contribution in [-0.2, 0) is 0 Å². The fraction of sp³-hybridized carbons (Fsp3) is 0.643. The Kier molecular flexibility index (Phi) is 6.26. The lowest BCUT2D eigenvalue weighted by molar-refractivity contribution is 0.0917. The van der Waals surface area contributed by atoms with Crippen molar-refractivity contribution in [1.82, 2.24) is 14.9 Å². The zero-order valence-corrected chi connectivity index (χ0v) is 14.1. The summed E-state index contributed by atoms with van der Waals surface area (Å²) in [5, 5.41) is 12.4. The molecule has 0 radical (unpaired) electrons. The second-order valence-electron chi connectivity index (χ2n) is 6.00. The number of nitrogens with one attached hydrogen (secondary N) is 1. The number of hydrogen-bond donors (Lipinski definition) is 2. The van der Waals surface area contributed by atoms with E-state index >= 15 is 0 Å². The molecule has 2 N–H and O–H groups in total. The Balaban J connectivity index is 2.52. The lowest BCUT2D eigenvalue weighted by Gasteiger charge is -2.35. The summed E-state index contributed by atoms with van der Waals surface area (Å²) in [7, 11) is 0. The monoisotopic (exact) mass is 312 g/mol. The fourth-order valence-electron chi connectivity index (χ4n) is 1.79. The number of aromatic nitrogens is 2. The number of anilines is 1. The number of nitrogens with zero attached hydrogens (tertiary/aromatic N) is 3. The first-order valence-corrected chi connectivity index (χ1v) is 8.07. The van der Waals surface area contributed by atoms with Crippen LogP contribution in [-0.4, -0.2) is 51.0 Å². The van der Waals surface area contributed by atoms with Crippen molar-refractivity contribution in [1.29, 1.82) is 0 Å². The van der Waals surface area contributed by atoms with Crippen molar-refractivity contribution < 1.29 is 9.90 Å². The minimum Gasteiger partial charge on any atom is -0.465 e. The second kappa shape index (κ2) is 7.49. The Morgan fingerprint density at radius 2 is 2.00 bits per heavy atom. The Hall–Kier alpha value is -1.50. The van der Waals surface area contributed by atoms with E-state index in [-0.39, 0.29) is 5.92 Å². The Morgan fingerprint density at radius 1 is 1.43 bits per heavy atom. The molecule has 0 spiro atoms. The summed E-state index contributed by atoms with van der Waals surface area (Å²) in [6.07, 6.45) is 4.61. The standard InChI is InChI=1S/C14H24N4O2S/c1-10(9-18(13(19)20)14(2,3)4)6-15-12-16-7-11(21-5)8-17-12/h7-8,10H,6,9H2,1-5H3,(H,19,20)(H,15,16,17). The van der Waals surface area contributed by atoms with Gasteiger partial charge < -0.3 is 15.3 Å². The van der Waals surface area contributed by atoms with Crippen LogP contribution in [0.4, 0.5) is 10.7 Å². The summed E-state index contributed by atoms with van der Waals surface area (Å²) < 4.78 is 0. The highest BCUT2D eigenvalue weighted by Crippen LogP contribution is 2.16. The van der Waals surface area contributed by atoms with Gasteiger partial charge in [0.15, 0.2) is 0 Å². The zero-order valence-electron chi connectivity index (χ0n) is 13.3. The first kappa shape index (κ1) is 17.6. The van der Waals surface area contributed by atoms with E-state index in [1.54, 1.807) is 24.2 Å². The molecule has 1 rings (SSSR count). The van der Waals surface area contributed by atoms with Crippen molar-refractivity contribution in [3.8, 4) is 0 Å². The van der Waals surface area contributed by atoms with Crippen molar-refractivity contribution in [2.24, 2.45) is 5.92 Å². The minimum atomic E-state index is -0.894. The average molecular weight is 312 g/mol. The van der Waals surface area contributed by atoms with E-state index < -0.39 is 11.6 Å². The highest BCUT2D eigenvalue weighted by Gasteiger charge is 2.27. The van der Waals surface area contributed by atoms with Crippen LogP contribution in [0.5, 0.6) is 0 Å². The average Bonchev–Trinajstić information content (AvgIpc) is 2.41. The van der Waals surface area contributed by atoms with E-state index in [1.807, 2.05) is 34.0 Å². The van der Waals surface area contributed by atoms with E-state index in [1.165, 1.54) is 4.90 Å². The summed E-state index contributed by atoms with van der Waals surface area (Å²) in [5.41, 5.74) is -0.406. The zero-order chi connectivity index (χ0) is 16.0. The molecule has 0 aromatic carbocycles. The van der Waals surface area contributed by atoms with Gasteiger partial charge in [-0.2, -0.15) is 0 Å². The molecule has 0 saturated heterocycles. The van der Waals surface area contributed by atoms with Gasteiger partial charge in [-0.05, 0) is 32.9 Å². The third kappa shape index (κ3) is 5.79. The van der Waals surface area contributed by atoms with Crippen molar-refractivity contribution in [2.45, 2.75) is 38.1 Å². The van der Waals surface area contributed by atoms with Crippen LogP contribution < -0.4 is 5.32 Å². The van der Waals surface area contributed by atoms with Gasteiger partial charge in [-0.1, -0.05) is 6.92 Å². The van der Waals surface area contributed by atoms with E-state index in [9.17, 15) is 9.90 Å². The predicted molar refractivity (Wildman–Crippen MR) is 86.0 cm³/mol. The summed E-state index contributed by atoms with van der Waals surface area (Å²) in [6, 6.07) is 0. The number of amides is 1. The van der Waals surface area contributed by atoms with Gasteiger partial charge in [0, 0.05) is 35.9 Å². The van der Waals surface area contributed by atoms with Crippen LogP contribution in [0.3, 0.4) is 0 Å². The van der Waals surface area contributed by atoms with Gasteiger partial charge in [0.05, 0.1) is 0 Å². The largest absolute Gasteiger partial charge is 0.465 e. The third-order valence-corrected chi connectivity index (χ3v) is 3.69. The SMILES string of the molecule is CSc1cnc(NCC(C)CN(C(=O)O)C(C)(C)C)nc1. The number of carboxylic acid groups (broad SMARTS) is 1. The molecule has 7 heteroatoms. The molecule has 0 aliphatic heterocycles. The van der Waals surface area contributed by atoms with Gasteiger partial charge in [0.1, 0.15) is 0 Å². The number of rotatable bonds is 6. The molecule has 1 heterocycles. The molecule has 1 aromatic rings. The topological polar surface area (TPSA) is 78.4 Å². The molecular weight excluding hydrogens is 288 g/mol. The van der Waals surface area contributed by atoms with Crippen LogP contribution in [0.15, 0.2) is 17.3 Å². The van der Waals surface area contributed by atoms with Gasteiger partial charge in [0.2, 0.25) is 5.95 Å². The Bertz CT molecular complexity index is 459. The van der Waals surface area contributed by atoms with E-state index in [0.29, 0.717) is 19.0 Å². The molecule has 1 unspecified atom stereocenters. The van der Waals surface area contributed by atoms with Crippen LogP contribution >= 0.6 is 11.8 Å². The predicted octanol–water partition coefficient (Wildman–Crippen LogP) is 3.03. The quantitative estimate of drug-likeness (QED) is 0.786. The van der Waals surface area contributed by atoms with E-state index in [4.69, 9.17) is 0 Å². The van der Waals surface area contributed by atoms with Crippen molar-refractivity contribution >= 4 is 23.8 Å². The molecular formula is C14H24N4O2S. The highest BCUT2D eigenvalue weighted by atomic mass is 32.2. The lowest BCUT2D eigenvalue weighted by atomic mass is 10.0. The van der Waals surface area contributed by atoms with E-state index in [0.717, 1.165) is 4.90 Å². The van der Waals surface area contributed by atoms with Gasteiger partial charge in [-0.15, -0.1) is 11.8 Å². The minimum absolute atomic E-state index is 0.157. The van der Waals surface area contributed by atoms with Crippen molar-refractivity contribution in [3.05, 3.63) is 12.4 Å². The van der Waals surface area contributed by atoms with Crippen molar-refractivity contribution in [3.63, 3.8) is 0 Å².